The van der Waals surface area contributed by atoms with E-state index in [1.165, 1.54) is 0 Å². The summed E-state index contributed by atoms with van der Waals surface area (Å²) in [6.07, 6.45) is 15.4. The molecule has 1 aliphatic heterocycles. The van der Waals surface area contributed by atoms with Gasteiger partial charge in [0.15, 0.2) is 0 Å². The van der Waals surface area contributed by atoms with E-state index in [-0.39, 0.29) is 64.2 Å². The number of hydrogen-bond acceptors (Lipinski definition) is 4. The smallest absolute Gasteiger partial charge is 0.309 e. The Morgan fingerprint density at radius 3 is 1.80 bits per heavy atom. The van der Waals surface area contributed by atoms with Crippen LogP contribution in [-0.4, -0.2) is 34.7 Å². The van der Waals surface area contributed by atoms with E-state index in [0.29, 0.717) is 6.61 Å². The summed E-state index contributed by atoms with van der Waals surface area (Å²) in [5.41, 5.74) is 0. The Bertz CT molecular complexity index is 557. The molecule has 1 aliphatic rings. The van der Waals surface area contributed by atoms with E-state index in [1.54, 1.807) is 6.92 Å². The van der Waals surface area contributed by atoms with Gasteiger partial charge in [-0.1, -0.05) is 32.1 Å². The van der Waals surface area contributed by atoms with Gasteiger partial charge in [-0.05, 0) is 70.6 Å². The average Bonchev–Trinajstić information content (AvgIpc) is 3.17. The monoisotopic (exact) mass is 554 g/mol. The molecule has 6 nitrogen and oxygen atoms in total. The Kier molecular flexibility index (Phi) is 38.4. The van der Waals surface area contributed by atoms with Crippen molar-refractivity contribution in [3.05, 3.63) is 38.0 Å². The van der Waals surface area contributed by atoms with Crippen LogP contribution in [0.15, 0.2) is 38.0 Å². The van der Waals surface area contributed by atoms with Gasteiger partial charge in [0.2, 0.25) is 0 Å². The van der Waals surface area contributed by atoms with Crippen LogP contribution in [0.25, 0.3) is 0 Å². The molecule has 0 aromatic rings. The highest BCUT2D eigenvalue weighted by Gasteiger charge is 2.25. The average molecular weight is 555 g/mol. The molecule has 1 heterocycles. The van der Waals surface area contributed by atoms with Gasteiger partial charge in [0.1, 0.15) is 0 Å². The molecule has 1 rings (SSSR count). The Morgan fingerprint density at radius 2 is 1.43 bits per heavy atom. The van der Waals surface area contributed by atoms with E-state index < -0.39 is 11.9 Å². The number of allylic oxidation sites excluding steroid dienone is 3. The van der Waals surface area contributed by atoms with Gasteiger partial charge >= 0.3 is 17.9 Å². The van der Waals surface area contributed by atoms with Crippen LogP contribution in [0.2, 0.25) is 0 Å². The number of rotatable bonds is 15. The number of aliphatic carboxylic acids is 2. The standard InChI is InChI=1S/C9H14O2.C9H16O2.C8H14O2.3H2S/c1-2-3-4-5-8-6-7-11-9(8)10;1-3-5-6-7-8(4-2)9(10)11;1-3-4-5-6-7(2)8(9)10;;;/h2,8H,1,3-7H2;3,8H,1,4-7H2,2H3,(H,10,11);3,7H,1,4-6H2,2H3,(H,9,10);3*1H2/t2*8-;7-;;;/m100.../s1. The lowest BCUT2D eigenvalue weighted by molar-refractivity contribution is -0.142. The van der Waals surface area contributed by atoms with Crippen molar-refractivity contribution in [2.45, 2.75) is 84.5 Å². The van der Waals surface area contributed by atoms with E-state index in [1.807, 2.05) is 25.2 Å². The molecule has 0 radical (unpaired) electrons. The third-order valence-corrected chi connectivity index (χ3v) is 5.27. The van der Waals surface area contributed by atoms with Gasteiger partial charge in [0.05, 0.1) is 24.4 Å². The van der Waals surface area contributed by atoms with E-state index in [9.17, 15) is 14.4 Å². The van der Waals surface area contributed by atoms with Crippen molar-refractivity contribution in [2.75, 3.05) is 6.61 Å². The fraction of sp³-hybridized carbons (Fsp3) is 0.654. The Morgan fingerprint density at radius 1 is 0.943 bits per heavy atom. The number of carbonyl (C=O) groups excluding carboxylic acids is 1. The molecule has 0 aromatic carbocycles. The topological polar surface area (TPSA) is 101 Å². The second kappa shape index (κ2) is 30.7. The molecule has 0 amide bonds. The largest absolute Gasteiger partial charge is 0.481 e. The van der Waals surface area contributed by atoms with Gasteiger partial charge in [-0.25, -0.2) is 0 Å². The summed E-state index contributed by atoms with van der Waals surface area (Å²) in [7, 11) is 0. The third-order valence-electron chi connectivity index (χ3n) is 5.27. The summed E-state index contributed by atoms with van der Waals surface area (Å²) in [6.45, 7) is 15.0. The number of carboxylic acids is 2. The second-order valence-electron chi connectivity index (χ2n) is 7.99. The molecule has 2 N–H and O–H groups in total. The molecule has 1 saturated heterocycles. The Labute approximate surface area is 234 Å². The van der Waals surface area contributed by atoms with Gasteiger partial charge in [-0.2, -0.15) is 40.5 Å². The molecular weight excluding hydrogens is 504 g/mol. The summed E-state index contributed by atoms with van der Waals surface area (Å²) in [5.74, 6) is -1.57. The van der Waals surface area contributed by atoms with Gasteiger partial charge < -0.3 is 14.9 Å². The van der Waals surface area contributed by atoms with Crippen LogP contribution in [0.3, 0.4) is 0 Å². The van der Waals surface area contributed by atoms with Gasteiger partial charge in [0, 0.05) is 0 Å². The minimum atomic E-state index is -0.705. The Balaban J connectivity index is -0.000000123. The molecule has 9 heteroatoms. The molecule has 1 fully saturated rings. The number of carboxylic acid groups (broad SMARTS) is 2. The summed E-state index contributed by atoms with van der Waals surface area (Å²) < 4.78 is 4.83. The predicted molar refractivity (Wildman–Crippen MR) is 161 cm³/mol. The summed E-state index contributed by atoms with van der Waals surface area (Å²) in [5, 5.41) is 17.1. The van der Waals surface area contributed by atoms with Crippen molar-refractivity contribution in [2.24, 2.45) is 17.8 Å². The molecule has 0 aromatic heterocycles. The fourth-order valence-electron chi connectivity index (χ4n) is 3.01. The van der Waals surface area contributed by atoms with Crippen molar-refractivity contribution in [3.63, 3.8) is 0 Å². The van der Waals surface area contributed by atoms with Crippen molar-refractivity contribution in [3.8, 4) is 0 Å². The van der Waals surface area contributed by atoms with Crippen LogP contribution in [0, 0.1) is 17.8 Å². The first-order valence-electron chi connectivity index (χ1n) is 11.7. The van der Waals surface area contributed by atoms with Gasteiger partial charge in [-0.15, -0.1) is 19.7 Å². The minimum Gasteiger partial charge on any atom is -0.481 e. The predicted octanol–water partition coefficient (Wildman–Crippen LogP) is 6.76. The number of cyclic esters (lactones) is 1. The van der Waals surface area contributed by atoms with E-state index in [2.05, 4.69) is 19.7 Å². The zero-order valence-electron chi connectivity index (χ0n) is 21.6. The zero-order valence-corrected chi connectivity index (χ0v) is 24.6. The molecule has 0 bridgehead atoms. The van der Waals surface area contributed by atoms with Crippen molar-refractivity contribution in [1.29, 1.82) is 0 Å². The van der Waals surface area contributed by atoms with Crippen molar-refractivity contribution < 1.29 is 29.3 Å². The zero-order chi connectivity index (χ0) is 24.8. The lowest BCUT2D eigenvalue weighted by Crippen LogP contribution is -2.11. The maximum atomic E-state index is 10.9. The first-order chi connectivity index (χ1) is 15.2. The maximum absolute atomic E-state index is 10.9. The van der Waals surface area contributed by atoms with Crippen LogP contribution >= 0.6 is 40.5 Å². The molecule has 3 atom stereocenters. The van der Waals surface area contributed by atoms with Gasteiger partial charge in [-0.3, -0.25) is 14.4 Å². The Hall–Kier alpha value is -1.32. The van der Waals surface area contributed by atoms with Crippen molar-refractivity contribution >= 4 is 58.4 Å². The number of esters is 1. The molecule has 0 saturated carbocycles. The third kappa shape index (κ3) is 27.1. The summed E-state index contributed by atoms with van der Waals surface area (Å²) in [4.78, 5) is 31.7. The minimum absolute atomic E-state index is 0. The van der Waals surface area contributed by atoms with Crippen LogP contribution in [-0.2, 0) is 19.1 Å². The van der Waals surface area contributed by atoms with Crippen LogP contribution in [0.4, 0.5) is 0 Å². The van der Waals surface area contributed by atoms with E-state index >= 15 is 0 Å². The first-order valence-corrected chi connectivity index (χ1v) is 11.7. The highest BCUT2D eigenvalue weighted by atomic mass is 32.1. The van der Waals surface area contributed by atoms with Gasteiger partial charge in [0.25, 0.3) is 0 Å². The highest BCUT2D eigenvalue weighted by molar-refractivity contribution is 7.59. The lowest BCUT2D eigenvalue weighted by Gasteiger charge is -2.07. The summed E-state index contributed by atoms with van der Waals surface area (Å²) >= 11 is 0. The van der Waals surface area contributed by atoms with E-state index in [0.717, 1.165) is 70.6 Å². The lowest BCUT2D eigenvalue weighted by atomic mass is 10.00. The number of hydrogen-bond donors (Lipinski definition) is 2. The molecule has 0 aliphatic carbocycles. The number of carbonyl (C=O) groups is 3. The quantitative estimate of drug-likeness (QED) is 0.132. The van der Waals surface area contributed by atoms with Crippen LogP contribution in [0.5, 0.6) is 0 Å². The molecule has 35 heavy (non-hydrogen) atoms. The first kappa shape index (κ1) is 43.7. The molecule has 208 valence electrons. The summed E-state index contributed by atoms with van der Waals surface area (Å²) in [6, 6.07) is 0. The SMILES string of the molecule is C=CCCC[C@@H]1CCOC1=O.C=CCCC[C@H](C)C(=O)O.C=CCCC[C@H](CC)C(=O)O.S.S.S. The van der Waals surface area contributed by atoms with E-state index in [4.69, 9.17) is 14.9 Å². The second-order valence-corrected chi connectivity index (χ2v) is 7.99. The molecular formula is C26H50O6S3. The molecule has 0 unspecified atom stereocenters. The van der Waals surface area contributed by atoms with Crippen LogP contribution in [0.1, 0.15) is 84.5 Å². The van der Waals surface area contributed by atoms with Crippen LogP contribution < -0.4 is 0 Å². The number of unbranched alkanes of at least 4 members (excludes halogenated alkanes) is 3. The number of ether oxygens (including phenoxy) is 1. The molecule has 0 spiro atoms. The maximum Gasteiger partial charge on any atom is 0.309 e. The normalized spacial score (nSPS) is 14.8. The fourth-order valence-corrected chi connectivity index (χ4v) is 3.01. The highest BCUT2D eigenvalue weighted by Crippen LogP contribution is 2.20. The van der Waals surface area contributed by atoms with Crippen molar-refractivity contribution in [1.82, 2.24) is 0 Å².